The fourth-order valence-corrected chi connectivity index (χ4v) is 4.54. The van der Waals surface area contributed by atoms with E-state index >= 15 is 0 Å². The summed E-state index contributed by atoms with van der Waals surface area (Å²) in [5.41, 5.74) is 2.76. The molecule has 0 N–H and O–H groups in total. The lowest BCUT2D eigenvalue weighted by molar-refractivity contribution is 0.192. The van der Waals surface area contributed by atoms with E-state index in [-0.39, 0.29) is 0 Å². The molecular weight excluding hydrogens is 352 g/mol. The topological polar surface area (TPSA) is 6.48 Å². The van der Waals surface area contributed by atoms with Crippen molar-refractivity contribution in [2.45, 2.75) is 25.9 Å². The Morgan fingerprint density at radius 1 is 0.552 bits per heavy atom. The molecule has 1 aliphatic rings. The second kappa shape index (κ2) is 7.29. The molecule has 2 heteroatoms. The van der Waals surface area contributed by atoms with E-state index < -0.39 is 0 Å². The zero-order valence-corrected chi connectivity index (χ0v) is 17.0. The van der Waals surface area contributed by atoms with E-state index in [1.807, 2.05) is 0 Å². The maximum Gasteiger partial charge on any atom is 0.0905 e. The average Bonchev–Trinajstić information content (AvgIpc) is 3.28. The van der Waals surface area contributed by atoms with Crippen LogP contribution in [0.2, 0.25) is 0 Å². The molecule has 29 heavy (non-hydrogen) atoms. The first kappa shape index (κ1) is 17.8. The lowest BCUT2D eigenvalue weighted by atomic mass is 9.98. The van der Waals surface area contributed by atoms with E-state index in [9.17, 15) is 0 Å². The van der Waals surface area contributed by atoms with Crippen molar-refractivity contribution in [1.82, 2.24) is 9.80 Å². The van der Waals surface area contributed by atoms with E-state index in [0.717, 1.165) is 6.67 Å². The predicted molar refractivity (Wildman–Crippen MR) is 122 cm³/mol. The quantitative estimate of drug-likeness (QED) is 0.383. The van der Waals surface area contributed by atoms with Crippen molar-refractivity contribution in [3.8, 4) is 0 Å². The minimum Gasteiger partial charge on any atom is -0.352 e. The lowest BCUT2D eigenvalue weighted by Crippen LogP contribution is -2.29. The van der Waals surface area contributed by atoms with Gasteiger partial charge in [-0.3, -0.25) is 0 Å². The normalized spacial score (nSPS) is 15.9. The summed E-state index contributed by atoms with van der Waals surface area (Å²) in [5, 5.41) is 5.30. The van der Waals surface area contributed by atoms with Gasteiger partial charge in [-0.1, -0.05) is 84.9 Å². The smallest absolute Gasteiger partial charge is 0.0905 e. The van der Waals surface area contributed by atoms with E-state index in [2.05, 4.69) is 121 Å². The molecule has 0 spiro atoms. The third-order valence-corrected chi connectivity index (χ3v) is 6.32. The highest BCUT2D eigenvalue weighted by Crippen LogP contribution is 2.34. The van der Waals surface area contributed by atoms with Crippen molar-refractivity contribution >= 4 is 21.5 Å². The maximum atomic E-state index is 2.43. The van der Waals surface area contributed by atoms with Gasteiger partial charge < -0.3 is 9.80 Å². The first-order valence-corrected chi connectivity index (χ1v) is 10.4. The number of nitrogens with zero attached hydrogens (tertiary/aromatic N) is 2. The molecule has 0 aromatic heterocycles. The van der Waals surface area contributed by atoms with Crippen molar-refractivity contribution in [1.29, 1.82) is 0 Å². The Kier molecular flexibility index (Phi) is 4.48. The summed E-state index contributed by atoms with van der Waals surface area (Å²) in [5.74, 6) is 0. The number of benzene rings is 4. The summed E-state index contributed by atoms with van der Waals surface area (Å²) in [4.78, 5) is 4.87. The van der Waals surface area contributed by atoms with Crippen LogP contribution in [0.1, 0.15) is 37.1 Å². The van der Waals surface area contributed by atoms with Crippen LogP contribution in [0.3, 0.4) is 0 Å². The molecule has 0 unspecified atom stereocenters. The van der Waals surface area contributed by atoms with Crippen LogP contribution in [0.5, 0.6) is 0 Å². The van der Waals surface area contributed by atoms with Crippen LogP contribution in [-0.2, 0) is 0 Å². The molecule has 5 rings (SSSR count). The van der Waals surface area contributed by atoms with Crippen LogP contribution in [0.15, 0.2) is 97.3 Å². The minimum absolute atomic E-state index is 0.321. The molecule has 0 amide bonds. The first-order chi connectivity index (χ1) is 14.2. The van der Waals surface area contributed by atoms with Crippen LogP contribution in [0, 0.1) is 0 Å². The fourth-order valence-electron chi connectivity index (χ4n) is 4.54. The Balaban J connectivity index is 1.40. The highest BCUT2D eigenvalue weighted by Gasteiger charge is 2.24. The van der Waals surface area contributed by atoms with Crippen LogP contribution in [0.25, 0.3) is 21.5 Å². The maximum absolute atomic E-state index is 2.43. The molecule has 144 valence electrons. The Bertz CT molecular complexity index is 1090. The number of fused-ring (bicyclic) bond motifs is 2. The summed E-state index contributed by atoms with van der Waals surface area (Å²) in [6, 6.07) is 31.2. The van der Waals surface area contributed by atoms with Crippen LogP contribution >= 0.6 is 0 Å². The van der Waals surface area contributed by atoms with Gasteiger partial charge in [0.05, 0.1) is 18.8 Å². The van der Waals surface area contributed by atoms with E-state index in [4.69, 9.17) is 0 Å². The van der Waals surface area contributed by atoms with Gasteiger partial charge in [0.2, 0.25) is 0 Å². The molecule has 4 aromatic carbocycles. The molecule has 2 nitrogen and oxygen atoms in total. The average molecular weight is 379 g/mol. The van der Waals surface area contributed by atoms with Gasteiger partial charge in [0.1, 0.15) is 0 Å². The largest absolute Gasteiger partial charge is 0.352 e. The number of hydrogen-bond acceptors (Lipinski definition) is 2. The highest BCUT2D eigenvalue weighted by atomic mass is 15.4. The molecule has 1 heterocycles. The Morgan fingerprint density at radius 2 is 0.966 bits per heavy atom. The summed E-state index contributed by atoms with van der Waals surface area (Å²) >= 11 is 0. The zero-order valence-electron chi connectivity index (χ0n) is 17.0. The van der Waals surface area contributed by atoms with Crippen molar-refractivity contribution in [2.75, 3.05) is 6.67 Å². The summed E-state index contributed by atoms with van der Waals surface area (Å²) in [6.07, 6.45) is 4.49. The molecule has 2 atom stereocenters. The van der Waals surface area contributed by atoms with Gasteiger partial charge in [-0.2, -0.15) is 0 Å². The molecule has 4 aromatic rings. The second-order valence-corrected chi connectivity index (χ2v) is 7.96. The van der Waals surface area contributed by atoms with Crippen LogP contribution in [0.4, 0.5) is 0 Å². The predicted octanol–water partition coefficient (Wildman–Crippen LogP) is 6.86. The van der Waals surface area contributed by atoms with Crippen LogP contribution < -0.4 is 0 Å². The number of rotatable bonds is 4. The molecule has 0 fully saturated rings. The number of hydrogen-bond donors (Lipinski definition) is 0. The van der Waals surface area contributed by atoms with Gasteiger partial charge in [0.25, 0.3) is 0 Å². The zero-order chi connectivity index (χ0) is 19.8. The minimum atomic E-state index is 0.321. The summed E-state index contributed by atoms with van der Waals surface area (Å²) in [6.45, 7) is 5.51. The van der Waals surface area contributed by atoms with Gasteiger partial charge in [0.15, 0.2) is 0 Å². The van der Waals surface area contributed by atoms with Gasteiger partial charge in [0, 0.05) is 12.4 Å². The molecule has 0 saturated carbocycles. The molecule has 0 bridgehead atoms. The standard InChI is InChI=1S/C27H26N2/c1-20(24-15-7-11-22-9-3-5-13-26(22)24)28-17-18-29(19-28)21(2)25-16-8-12-23-10-4-6-14-27(23)25/h3-18,20-21H,19H2,1-2H3/t20-,21-/m0/s1. The monoisotopic (exact) mass is 378 g/mol. The summed E-state index contributed by atoms with van der Waals surface area (Å²) < 4.78 is 0. The highest BCUT2D eigenvalue weighted by molar-refractivity contribution is 5.86. The first-order valence-electron chi connectivity index (χ1n) is 10.4. The molecule has 0 aliphatic carbocycles. The van der Waals surface area contributed by atoms with Crippen LogP contribution in [-0.4, -0.2) is 16.5 Å². The van der Waals surface area contributed by atoms with Crippen molar-refractivity contribution in [3.63, 3.8) is 0 Å². The van der Waals surface area contributed by atoms with Gasteiger partial charge in [-0.15, -0.1) is 0 Å². The Hall–Kier alpha value is -3.26. The van der Waals surface area contributed by atoms with E-state index in [1.54, 1.807) is 0 Å². The van der Waals surface area contributed by atoms with Gasteiger partial charge in [-0.05, 0) is 46.5 Å². The van der Waals surface area contributed by atoms with Crippen molar-refractivity contribution in [3.05, 3.63) is 108 Å². The molecular formula is C27H26N2. The molecule has 0 saturated heterocycles. The fraction of sp³-hybridized carbons (Fsp3) is 0.185. The molecule has 1 aliphatic heterocycles. The third-order valence-electron chi connectivity index (χ3n) is 6.32. The van der Waals surface area contributed by atoms with Crippen molar-refractivity contribution < 1.29 is 0 Å². The second-order valence-electron chi connectivity index (χ2n) is 7.96. The van der Waals surface area contributed by atoms with E-state index in [0.29, 0.717) is 12.1 Å². The van der Waals surface area contributed by atoms with E-state index in [1.165, 1.54) is 32.7 Å². The van der Waals surface area contributed by atoms with Gasteiger partial charge >= 0.3 is 0 Å². The Morgan fingerprint density at radius 3 is 1.45 bits per heavy atom. The Labute approximate surface area is 172 Å². The summed E-state index contributed by atoms with van der Waals surface area (Å²) in [7, 11) is 0. The molecule has 0 radical (unpaired) electrons. The third kappa shape index (κ3) is 3.15. The van der Waals surface area contributed by atoms with Crippen molar-refractivity contribution in [2.24, 2.45) is 0 Å². The lowest BCUT2D eigenvalue weighted by Gasteiger charge is -2.31. The van der Waals surface area contributed by atoms with Gasteiger partial charge in [-0.25, -0.2) is 0 Å². The SMILES string of the molecule is C[C@@H](c1cccc2ccccc12)N1C=CN([C@@H](C)c2cccc3ccccc23)C1.